The zero-order chi connectivity index (χ0) is 44.6. The van der Waals surface area contributed by atoms with E-state index in [-0.39, 0.29) is 65.9 Å². The summed E-state index contributed by atoms with van der Waals surface area (Å²) in [5, 5.41) is 0. The first kappa shape index (κ1) is 44.7. The van der Waals surface area contributed by atoms with E-state index in [1.165, 1.54) is 54.0 Å². The topological polar surface area (TPSA) is 121 Å². The molecule has 0 saturated carbocycles. The third kappa shape index (κ3) is 8.83. The number of carbonyl (C=O) groups excluding carboxylic acids is 4. The molecule has 2 aromatic carbocycles. The van der Waals surface area contributed by atoms with Crippen molar-refractivity contribution in [1.29, 1.82) is 0 Å². The Hall–Kier alpha value is -4.90. The normalized spacial score (nSPS) is 24.4. The van der Waals surface area contributed by atoms with Crippen molar-refractivity contribution in [3.8, 4) is 11.1 Å². The van der Waals surface area contributed by atoms with Gasteiger partial charge in [-0.3, -0.25) is 29.2 Å². The van der Waals surface area contributed by atoms with Gasteiger partial charge in [0.25, 0.3) is 0 Å². The number of aliphatic imine (C=N–C) groups is 2. The van der Waals surface area contributed by atoms with Gasteiger partial charge >= 0.3 is 11.9 Å². The number of amides is 2. The Balaban J connectivity index is 1.01. The average molecular weight is 858 g/mol. The zero-order valence-corrected chi connectivity index (χ0v) is 38.6. The van der Waals surface area contributed by atoms with Gasteiger partial charge in [0.05, 0.1) is 51.0 Å². The van der Waals surface area contributed by atoms with Crippen LogP contribution in [0.1, 0.15) is 121 Å². The number of rotatable bonds is 13. The van der Waals surface area contributed by atoms with Crippen LogP contribution >= 0.6 is 0 Å². The second-order valence-electron chi connectivity index (χ2n) is 19.8. The lowest BCUT2D eigenvalue weighted by Crippen LogP contribution is -2.45. The van der Waals surface area contributed by atoms with Crippen LogP contribution in [0.4, 0.5) is 0 Å². The first-order chi connectivity index (χ1) is 30.3. The molecule has 336 valence electrons. The zero-order valence-electron chi connectivity index (χ0n) is 38.6. The van der Waals surface area contributed by atoms with Gasteiger partial charge in [0.1, 0.15) is 0 Å². The highest BCUT2D eigenvalue weighted by atomic mass is 16.5. The van der Waals surface area contributed by atoms with Crippen LogP contribution in [0.3, 0.4) is 0 Å². The van der Waals surface area contributed by atoms with E-state index in [9.17, 15) is 19.2 Å². The number of ether oxygens (including phenoxy) is 2. The first-order valence-corrected chi connectivity index (χ1v) is 23.5. The van der Waals surface area contributed by atoms with Crippen molar-refractivity contribution in [1.82, 2.24) is 14.7 Å². The Kier molecular flexibility index (Phi) is 13.2. The van der Waals surface area contributed by atoms with Crippen LogP contribution in [-0.2, 0) is 40.5 Å². The molecule has 11 heteroatoms. The van der Waals surface area contributed by atoms with Crippen LogP contribution in [0, 0.1) is 23.7 Å². The van der Waals surface area contributed by atoms with E-state index in [1.54, 1.807) is 0 Å². The van der Waals surface area contributed by atoms with Crippen molar-refractivity contribution in [3.63, 3.8) is 0 Å². The first-order valence-electron chi connectivity index (χ1n) is 23.5. The molecule has 5 aliphatic heterocycles. The summed E-state index contributed by atoms with van der Waals surface area (Å²) in [5.74, 6) is -1.40. The summed E-state index contributed by atoms with van der Waals surface area (Å²) in [6, 6.07) is 13.6. The molecule has 1 aliphatic carbocycles. The molecule has 8 rings (SSSR count). The fourth-order valence-corrected chi connectivity index (χ4v) is 11.7. The SMILES string of the molecule is COC(=O)C[C@H](C(=O)N1CCC[C@H]1C1=NC=C(c2ccc(-c3ccc(C4=CN=C([C@@H]5CCCN5C(=O)[C@@H](CC(=O)OC)C(C)C)C4)c4c3C3(CCC4)CCN(C)C3)cc2)C1)C(C)C. The monoisotopic (exact) mass is 858 g/mol. The Labute approximate surface area is 374 Å². The number of methoxy groups -OCH3 is 2. The van der Waals surface area contributed by atoms with Gasteiger partial charge in [-0.1, -0.05) is 64.1 Å². The van der Waals surface area contributed by atoms with Gasteiger partial charge in [0.2, 0.25) is 11.8 Å². The van der Waals surface area contributed by atoms with E-state index in [0.29, 0.717) is 19.5 Å². The predicted octanol–water partition coefficient (Wildman–Crippen LogP) is 8.29. The number of allylic oxidation sites excluding steroid dienone is 2. The number of fused-ring (bicyclic) bond motifs is 2. The fourth-order valence-electron chi connectivity index (χ4n) is 11.7. The predicted molar refractivity (Wildman–Crippen MR) is 248 cm³/mol. The number of carbonyl (C=O) groups is 4. The summed E-state index contributed by atoms with van der Waals surface area (Å²) in [6.07, 6.45) is 13.8. The molecule has 3 saturated heterocycles. The number of hydrogen-bond acceptors (Lipinski definition) is 9. The van der Waals surface area contributed by atoms with Crippen LogP contribution in [0.5, 0.6) is 0 Å². The highest BCUT2D eigenvalue weighted by molar-refractivity contribution is 6.05. The van der Waals surface area contributed by atoms with E-state index in [4.69, 9.17) is 19.5 Å². The molecule has 11 nitrogen and oxygen atoms in total. The molecule has 3 fully saturated rings. The number of likely N-dealkylation sites (N-methyl/N-ethyl adjacent to an activating group) is 1. The minimum absolute atomic E-state index is 0.0250. The Morgan fingerprint density at radius 3 is 1.73 bits per heavy atom. The van der Waals surface area contributed by atoms with Crippen molar-refractivity contribution in [2.75, 3.05) is 47.4 Å². The molecule has 5 atom stereocenters. The van der Waals surface area contributed by atoms with E-state index < -0.39 is 11.8 Å². The molecule has 2 aromatic rings. The van der Waals surface area contributed by atoms with Crippen molar-refractivity contribution in [3.05, 3.63) is 71.1 Å². The van der Waals surface area contributed by atoms with Gasteiger partial charge in [0.15, 0.2) is 0 Å². The van der Waals surface area contributed by atoms with Gasteiger partial charge in [-0.15, -0.1) is 0 Å². The number of likely N-dealkylation sites (tertiary alicyclic amines) is 3. The fraction of sp³-hybridized carbons (Fsp3) is 0.577. The molecule has 0 radical (unpaired) electrons. The number of esters is 2. The summed E-state index contributed by atoms with van der Waals surface area (Å²) in [4.78, 5) is 68.7. The van der Waals surface area contributed by atoms with Crippen molar-refractivity contribution < 1.29 is 28.7 Å². The summed E-state index contributed by atoms with van der Waals surface area (Å²) in [7, 11) is 5.01. The Bertz CT molecular complexity index is 2240. The molecule has 2 amide bonds. The van der Waals surface area contributed by atoms with Crippen LogP contribution in [-0.4, -0.2) is 109 Å². The maximum atomic E-state index is 14.0. The highest BCUT2D eigenvalue weighted by Crippen LogP contribution is 2.50. The van der Waals surface area contributed by atoms with E-state index in [1.807, 2.05) is 43.7 Å². The summed E-state index contributed by atoms with van der Waals surface area (Å²) >= 11 is 0. The standard InChI is InChI=1S/C52H67N5O6/c1-32(2)41(27-47(58)62-6)50(60)56-22-9-12-45(56)43-25-36(29-53-43)34-14-16-35(17-15-34)39-19-18-38(40-11-8-20-52(49(39)40)21-24-55(5)31-52)37-26-44(54-30-37)46-13-10-23-57(46)51(61)42(33(3)4)28-48(59)63-7/h14-19,29-30,32-33,41-42,45-46H,8-13,20-28,31H2,1-7H3/t41-,42-,45-,46-,52?/m0/s1. The highest BCUT2D eigenvalue weighted by Gasteiger charge is 2.45. The van der Waals surface area contributed by atoms with Gasteiger partial charge in [-0.2, -0.15) is 0 Å². The molecule has 63 heavy (non-hydrogen) atoms. The molecule has 0 bridgehead atoms. The van der Waals surface area contributed by atoms with Crippen molar-refractivity contribution in [2.24, 2.45) is 33.7 Å². The third-order valence-corrected chi connectivity index (χ3v) is 15.2. The summed E-state index contributed by atoms with van der Waals surface area (Å²) in [6.45, 7) is 11.5. The van der Waals surface area contributed by atoms with E-state index >= 15 is 0 Å². The number of nitrogens with zero attached hydrogens (tertiary/aromatic N) is 5. The Morgan fingerprint density at radius 1 is 0.683 bits per heavy atom. The molecule has 1 spiro atoms. The maximum Gasteiger partial charge on any atom is 0.306 e. The van der Waals surface area contributed by atoms with E-state index in [2.05, 4.69) is 54.5 Å². The number of benzene rings is 2. The lowest BCUT2D eigenvalue weighted by Gasteiger charge is -2.39. The van der Waals surface area contributed by atoms with Crippen molar-refractivity contribution >= 4 is 46.3 Å². The van der Waals surface area contributed by atoms with Crippen LogP contribution in [0.15, 0.2) is 58.8 Å². The molecule has 0 N–H and O–H groups in total. The minimum atomic E-state index is -0.411. The van der Waals surface area contributed by atoms with Crippen LogP contribution < -0.4 is 0 Å². The molecular formula is C52H67N5O6. The molecule has 1 unspecified atom stereocenters. The lowest BCUT2D eigenvalue weighted by atomic mass is 9.65. The van der Waals surface area contributed by atoms with Crippen LogP contribution in [0.25, 0.3) is 22.3 Å². The molecule has 5 heterocycles. The van der Waals surface area contributed by atoms with Crippen LogP contribution in [0.2, 0.25) is 0 Å². The second kappa shape index (κ2) is 18.7. The van der Waals surface area contributed by atoms with Gasteiger partial charge < -0.3 is 24.2 Å². The second-order valence-corrected chi connectivity index (χ2v) is 19.8. The summed E-state index contributed by atoms with van der Waals surface area (Å²) < 4.78 is 9.89. The smallest absolute Gasteiger partial charge is 0.306 e. The maximum absolute atomic E-state index is 14.0. The van der Waals surface area contributed by atoms with E-state index in [0.717, 1.165) is 87.0 Å². The largest absolute Gasteiger partial charge is 0.469 e. The van der Waals surface area contributed by atoms with Crippen molar-refractivity contribution in [2.45, 2.75) is 122 Å². The molecule has 0 aromatic heterocycles. The molecular weight excluding hydrogens is 791 g/mol. The third-order valence-electron chi connectivity index (χ3n) is 15.2. The van der Waals surface area contributed by atoms with Gasteiger partial charge in [0, 0.05) is 61.7 Å². The van der Waals surface area contributed by atoms with Gasteiger partial charge in [-0.05, 0) is 121 Å². The Morgan fingerprint density at radius 2 is 1.21 bits per heavy atom. The quantitative estimate of drug-likeness (QED) is 0.186. The lowest BCUT2D eigenvalue weighted by molar-refractivity contribution is -0.148. The minimum Gasteiger partial charge on any atom is -0.469 e. The molecule has 6 aliphatic rings. The number of hydrogen-bond donors (Lipinski definition) is 0. The summed E-state index contributed by atoms with van der Waals surface area (Å²) in [5.41, 5.74) is 12.5. The average Bonchev–Trinajstić information content (AvgIpc) is 4.14. The van der Waals surface area contributed by atoms with Gasteiger partial charge in [-0.25, -0.2) is 0 Å².